The molecule has 0 rings (SSSR count). The predicted octanol–water partition coefficient (Wildman–Crippen LogP) is 10.1. The Hall–Kier alpha value is -0.0800. The summed E-state index contributed by atoms with van der Waals surface area (Å²) in [5.41, 5.74) is 0. The van der Waals surface area contributed by atoms with Crippen molar-refractivity contribution in [1.29, 1.82) is 0 Å². The summed E-state index contributed by atoms with van der Waals surface area (Å²) in [6, 6.07) is 0.844. The van der Waals surface area contributed by atoms with E-state index in [1.54, 1.807) is 0 Å². The van der Waals surface area contributed by atoms with Crippen LogP contribution in [0.3, 0.4) is 0 Å². The van der Waals surface area contributed by atoms with Crippen molar-refractivity contribution in [3.63, 3.8) is 0 Å². The molecule has 33 heavy (non-hydrogen) atoms. The van der Waals surface area contributed by atoms with Crippen LogP contribution in [0.1, 0.15) is 182 Å². The summed E-state index contributed by atoms with van der Waals surface area (Å²) >= 11 is 0. The molecule has 3 unspecified atom stereocenters. The lowest BCUT2D eigenvalue weighted by Crippen LogP contribution is -2.44. The fourth-order valence-corrected chi connectivity index (χ4v) is 5.14. The number of hydrogen-bond acceptors (Lipinski definition) is 2. The van der Waals surface area contributed by atoms with Gasteiger partial charge in [0, 0.05) is 12.1 Å². The molecule has 0 spiro atoms. The van der Waals surface area contributed by atoms with E-state index in [1.807, 2.05) is 0 Å². The quantitative estimate of drug-likeness (QED) is 0.118. The molecule has 0 saturated heterocycles. The maximum Gasteiger partial charge on any atom is 0.0690 e. The van der Waals surface area contributed by atoms with Crippen LogP contribution in [0.5, 0.6) is 0 Å². The normalized spacial score (nSPS) is 14.5. The van der Waals surface area contributed by atoms with Gasteiger partial charge in [-0.2, -0.15) is 0 Å². The molecule has 0 radical (unpaired) electrons. The number of aliphatic hydroxyl groups excluding tert-OH is 1. The van der Waals surface area contributed by atoms with Gasteiger partial charge in [-0.25, -0.2) is 0 Å². The Labute approximate surface area is 210 Å². The molecule has 0 heterocycles. The summed E-state index contributed by atoms with van der Waals surface area (Å²) in [4.78, 5) is 0. The van der Waals surface area contributed by atoms with Crippen LogP contribution in [0, 0.1) is 0 Å². The van der Waals surface area contributed by atoms with Crippen LogP contribution in [0.15, 0.2) is 0 Å². The highest BCUT2D eigenvalue weighted by Crippen LogP contribution is 2.16. The zero-order valence-electron chi connectivity index (χ0n) is 23.6. The molecule has 0 fully saturated rings. The second kappa shape index (κ2) is 26.5. The van der Waals surface area contributed by atoms with E-state index in [4.69, 9.17) is 0 Å². The summed E-state index contributed by atoms with van der Waals surface area (Å²) in [7, 11) is 0. The van der Waals surface area contributed by atoms with Crippen LogP contribution in [-0.4, -0.2) is 23.3 Å². The topological polar surface area (TPSA) is 32.3 Å². The molecular formula is C31H65NO. The van der Waals surface area contributed by atoms with Crippen molar-refractivity contribution < 1.29 is 5.11 Å². The maximum atomic E-state index is 10.1. The second-order valence-corrected chi connectivity index (χ2v) is 10.8. The zero-order valence-corrected chi connectivity index (χ0v) is 23.6. The minimum atomic E-state index is -0.195. The standard InChI is InChI=1S/C31H65NO/c1-5-9-10-11-12-13-14-15-16-17-18-19-20-21-22-23-24-25-26-27-28-29(6-2)32-30(7-3)31(33)8-4/h29-33H,5-28H2,1-4H3. The highest BCUT2D eigenvalue weighted by atomic mass is 16.3. The van der Waals surface area contributed by atoms with Gasteiger partial charge in [0.2, 0.25) is 0 Å². The summed E-state index contributed by atoms with van der Waals surface area (Å²) in [6.45, 7) is 8.84. The Bertz CT molecular complexity index is 359. The van der Waals surface area contributed by atoms with Crippen LogP contribution in [-0.2, 0) is 0 Å². The maximum absolute atomic E-state index is 10.1. The van der Waals surface area contributed by atoms with E-state index in [-0.39, 0.29) is 12.1 Å². The molecule has 0 aromatic rings. The monoisotopic (exact) mass is 468 g/mol. The van der Waals surface area contributed by atoms with Crippen molar-refractivity contribution in [2.24, 2.45) is 0 Å². The minimum absolute atomic E-state index is 0.195. The van der Waals surface area contributed by atoms with Crippen molar-refractivity contribution in [3.8, 4) is 0 Å². The van der Waals surface area contributed by atoms with Gasteiger partial charge in [0.25, 0.3) is 0 Å². The highest BCUT2D eigenvalue weighted by Gasteiger charge is 2.18. The average molecular weight is 468 g/mol. The van der Waals surface area contributed by atoms with Gasteiger partial charge < -0.3 is 10.4 Å². The summed E-state index contributed by atoms with van der Waals surface area (Å²) < 4.78 is 0. The third kappa shape index (κ3) is 22.1. The molecule has 3 atom stereocenters. The van der Waals surface area contributed by atoms with Gasteiger partial charge in [0.15, 0.2) is 0 Å². The van der Waals surface area contributed by atoms with Crippen molar-refractivity contribution in [1.82, 2.24) is 5.32 Å². The smallest absolute Gasteiger partial charge is 0.0690 e. The van der Waals surface area contributed by atoms with E-state index in [9.17, 15) is 5.11 Å². The van der Waals surface area contributed by atoms with E-state index < -0.39 is 0 Å². The first-order chi connectivity index (χ1) is 16.2. The van der Waals surface area contributed by atoms with Crippen molar-refractivity contribution in [2.45, 2.75) is 200 Å². The number of hydrogen-bond donors (Lipinski definition) is 2. The molecule has 0 bridgehead atoms. The fraction of sp³-hybridized carbons (Fsp3) is 1.00. The Morgan fingerprint density at radius 3 is 1.12 bits per heavy atom. The van der Waals surface area contributed by atoms with E-state index in [1.165, 1.54) is 141 Å². The molecule has 0 amide bonds. The summed E-state index contributed by atoms with van der Waals surface area (Å²) in [6.07, 6.45) is 33.0. The molecule has 0 aliphatic rings. The molecule has 0 aromatic carbocycles. The fourth-order valence-electron chi connectivity index (χ4n) is 5.14. The lowest BCUT2D eigenvalue weighted by Gasteiger charge is -2.27. The highest BCUT2D eigenvalue weighted by molar-refractivity contribution is 4.78. The number of unbranched alkanes of at least 4 members (excludes halogenated alkanes) is 19. The van der Waals surface area contributed by atoms with Crippen LogP contribution < -0.4 is 5.32 Å². The Kier molecular flexibility index (Phi) is 26.5. The lowest BCUT2D eigenvalue weighted by atomic mass is 10.00. The molecule has 2 nitrogen and oxygen atoms in total. The molecule has 2 heteroatoms. The van der Waals surface area contributed by atoms with Gasteiger partial charge in [-0.15, -0.1) is 0 Å². The van der Waals surface area contributed by atoms with Gasteiger partial charge in [0.05, 0.1) is 6.10 Å². The first-order valence-corrected chi connectivity index (χ1v) is 15.6. The predicted molar refractivity (Wildman–Crippen MR) is 150 cm³/mol. The molecular weight excluding hydrogens is 402 g/mol. The van der Waals surface area contributed by atoms with E-state index in [0.717, 1.165) is 12.8 Å². The lowest BCUT2D eigenvalue weighted by molar-refractivity contribution is 0.112. The van der Waals surface area contributed by atoms with E-state index in [2.05, 4.69) is 33.0 Å². The van der Waals surface area contributed by atoms with Gasteiger partial charge >= 0.3 is 0 Å². The van der Waals surface area contributed by atoms with Crippen LogP contribution in [0.4, 0.5) is 0 Å². The van der Waals surface area contributed by atoms with Crippen LogP contribution in [0.2, 0.25) is 0 Å². The SMILES string of the molecule is CCCCCCCCCCCCCCCCCCCCCCC(CC)NC(CC)C(O)CC. The van der Waals surface area contributed by atoms with E-state index >= 15 is 0 Å². The first-order valence-electron chi connectivity index (χ1n) is 15.6. The van der Waals surface area contributed by atoms with Crippen molar-refractivity contribution in [2.75, 3.05) is 0 Å². The van der Waals surface area contributed by atoms with Crippen molar-refractivity contribution in [3.05, 3.63) is 0 Å². The zero-order chi connectivity index (χ0) is 24.4. The number of nitrogens with one attached hydrogen (secondary N) is 1. The molecule has 0 aliphatic carbocycles. The van der Waals surface area contributed by atoms with Crippen LogP contribution in [0.25, 0.3) is 0 Å². The van der Waals surface area contributed by atoms with Gasteiger partial charge in [-0.05, 0) is 25.7 Å². The van der Waals surface area contributed by atoms with Crippen molar-refractivity contribution >= 4 is 0 Å². The Morgan fingerprint density at radius 2 is 0.818 bits per heavy atom. The second-order valence-electron chi connectivity index (χ2n) is 10.8. The molecule has 0 aromatic heterocycles. The summed E-state index contributed by atoms with van der Waals surface area (Å²) in [5.74, 6) is 0. The van der Waals surface area contributed by atoms with Crippen LogP contribution >= 0.6 is 0 Å². The van der Waals surface area contributed by atoms with Gasteiger partial charge in [0.1, 0.15) is 0 Å². The third-order valence-corrected chi connectivity index (χ3v) is 7.67. The Morgan fingerprint density at radius 1 is 0.455 bits per heavy atom. The average Bonchev–Trinajstić information content (AvgIpc) is 2.84. The molecule has 0 saturated carbocycles. The first kappa shape index (κ1) is 32.9. The van der Waals surface area contributed by atoms with Gasteiger partial charge in [-0.1, -0.05) is 156 Å². The summed E-state index contributed by atoms with van der Waals surface area (Å²) in [5, 5.41) is 13.9. The van der Waals surface area contributed by atoms with Gasteiger partial charge in [-0.3, -0.25) is 0 Å². The number of rotatable bonds is 27. The Balaban J connectivity index is 3.33. The molecule has 2 N–H and O–H groups in total. The van der Waals surface area contributed by atoms with E-state index in [0.29, 0.717) is 6.04 Å². The number of aliphatic hydroxyl groups is 1. The minimum Gasteiger partial charge on any atom is -0.392 e. The largest absolute Gasteiger partial charge is 0.392 e. The third-order valence-electron chi connectivity index (χ3n) is 7.67. The molecule has 200 valence electrons. The molecule has 0 aliphatic heterocycles.